The molecule has 2 unspecified atom stereocenters. The van der Waals surface area contributed by atoms with E-state index in [1.54, 1.807) is 6.07 Å². The highest BCUT2D eigenvalue weighted by atomic mass is 19.1. The van der Waals surface area contributed by atoms with E-state index in [-0.39, 0.29) is 12.7 Å². The summed E-state index contributed by atoms with van der Waals surface area (Å²) in [5.74, 6) is 0.632. The van der Waals surface area contributed by atoms with E-state index in [0.717, 1.165) is 11.0 Å². The highest BCUT2D eigenvalue weighted by molar-refractivity contribution is 6.70. The van der Waals surface area contributed by atoms with Crippen LogP contribution >= 0.6 is 0 Å². The van der Waals surface area contributed by atoms with Gasteiger partial charge in [-0.25, -0.2) is 4.39 Å². The average molecular weight is 228 g/mol. The van der Waals surface area contributed by atoms with Gasteiger partial charge in [0.25, 0.3) is 0 Å². The normalized spacial score (nSPS) is 26.4. The molecule has 0 bridgehead atoms. The summed E-state index contributed by atoms with van der Waals surface area (Å²) in [6.45, 7) is 2.79. The van der Waals surface area contributed by atoms with Gasteiger partial charge < -0.3 is 4.65 Å². The lowest BCUT2D eigenvalue weighted by molar-refractivity contribution is 0.321. The fourth-order valence-electron chi connectivity index (χ4n) is 2.68. The monoisotopic (exact) mass is 228 g/mol. The van der Waals surface area contributed by atoms with Gasteiger partial charge in [-0.15, -0.1) is 0 Å². The Hall–Kier alpha value is -1.35. The number of hydrogen-bond acceptors (Lipinski definition) is 1. The van der Waals surface area contributed by atoms with Gasteiger partial charge in [-0.2, -0.15) is 0 Å². The summed E-state index contributed by atoms with van der Waals surface area (Å²) in [5.41, 5.74) is 2.13. The summed E-state index contributed by atoms with van der Waals surface area (Å²) in [6, 6.07) is 4.97. The molecule has 2 aliphatic rings. The van der Waals surface area contributed by atoms with Crippen LogP contribution in [0.4, 0.5) is 4.39 Å². The van der Waals surface area contributed by atoms with Crippen molar-refractivity contribution < 1.29 is 9.04 Å². The zero-order chi connectivity index (χ0) is 11.8. The highest BCUT2D eigenvalue weighted by Crippen LogP contribution is 2.31. The lowest BCUT2D eigenvalue weighted by atomic mass is 9.47. The molecule has 3 rings (SSSR count). The van der Waals surface area contributed by atoms with E-state index in [1.807, 2.05) is 6.07 Å². The van der Waals surface area contributed by atoms with Crippen LogP contribution in [0.15, 0.2) is 42.5 Å². The zero-order valence-electron chi connectivity index (χ0n) is 9.77. The summed E-state index contributed by atoms with van der Waals surface area (Å²) in [6.07, 6.45) is 8.51. The van der Waals surface area contributed by atoms with Crippen LogP contribution in [-0.4, -0.2) is 6.92 Å². The average Bonchev–Trinajstić information content (AvgIpc) is 2.72. The third kappa shape index (κ3) is 1.85. The lowest BCUT2D eigenvalue weighted by Gasteiger charge is -2.23. The summed E-state index contributed by atoms with van der Waals surface area (Å²) in [7, 11) is 0. The van der Waals surface area contributed by atoms with Gasteiger partial charge in [-0.05, 0) is 34.9 Å². The molecule has 0 radical (unpaired) electrons. The molecule has 0 saturated carbocycles. The molecular weight excluding hydrogens is 214 g/mol. The lowest BCUT2D eigenvalue weighted by Crippen LogP contribution is -2.36. The Morgan fingerprint density at radius 3 is 2.94 bits per heavy atom. The van der Waals surface area contributed by atoms with Crippen molar-refractivity contribution >= 4 is 12.4 Å². The third-order valence-electron chi connectivity index (χ3n) is 3.65. The largest absolute Gasteiger partial charge is 0.426 e. The second-order valence-electron chi connectivity index (χ2n) is 4.78. The van der Waals surface area contributed by atoms with Crippen molar-refractivity contribution in [2.24, 2.45) is 5.92 Å². The first-order valence-electron chi connectivity index (χ1n) is 6.00. The summed E-state index contributed by atoms with van der Waals surface area (Å²) in [4.78, 5) is 0. The topological polar surface area (TPSA) is 9.23 Å². The molecule has 86 valence electrons. The summed E-state index contributed by atoms with van der Waals surface area (Å²) < 4.78 is 19.0. The third-order valence-corrected chi connectivity index (χ3v) is 3.65. The molecule has 1 aromatic carbocycles. The second kappa shape index (κ2) is 4.15. The number of hydrogen-bond donors (Lipinski definition) is 0. The number of fused-ring (bicyclic) bond motifs is 1. The molecular formula is C14H14BFO. The number of halogens is 1. The minimum atomic E-state index is -0.180. The fourth-order valence-corrected chi connectivity index (χ4v) is 2.68. The van der Waals surface area contributed by atoms with Crippen molar-refractivity contribution in [2.75, 3.05) is 0 Å². The van der Waals surface area contributed by atoms with Gasteiger partial charge in [0.2, 0.25) is 0 Å². The molecule has 0 fully saturated rings. The van der Waals surface area contributed by atoms with Gasteiger partial charge in [0.15, 0.2) is 0 Å². The maximum Gasteiger partial charge on any atom is 0.335 e. The van der Waals surface area contributed by atoms with Crippen molar-refractivity contribution in [2.45, 2.75) is 19.3 Å². The smallest absolute Gasteiger partial charge is 0.335 e. The first kappa shape index (κ1) is 10.8. The predicted octanol–water partition coefficient (Wildman–Crippen LogP) is 2.69. The molecule has 1 heterocycles. The number of benzene rings is 1. The molecule has 0 N–H and O–H groups in total. The zero-order valence-corrected chi connectivity index (χ0v) is 9.77. The molecule has 1 aliphatic heterocycles. The van der Waals surface area contributed by atoms with Gasteiger partial charge in [-0.3, -0.25) is 0 Å². The van der Waals surface area contributed by atoms with Gasteiger partial charge >= 0.3 is 6.92 Å². The van der Waals surface area contributed by atoms with E-state index < -0.39 is 0 Å². The first-order chi connectivity index (χ1) is 8.25. The van der Waals surface area contributed by atoms with Crippen LogP contribution in [0.25, 0.3) is 0 Å². The maximum atomic E-state index is 13.1. The minimum absolute atomic E-state index is 0.0711. The standard InChI is InChI=1S/C14H14BFO/c1-10-4-2-3-5-13(10)15-14-7-6-12(16)8-11(14)9-17-15/h2-8,10,13H,9H2,1H3. The Balaban J connectivity index is 1.93. The van der Waals surface area contributed by atoms with Crippen molar-refractivity contribution in [3.05, 3.63) is 53.9 Å². The Labute approximate surface area is 101 Å². The van der Waals surface area contributed by atoms with Gasteiger partial charge in [-0.1, -0.05) is 37.3 Å². The second-order valence-corrected chi connectivity index (χ2v) is 4.78. The number of allylic oxidation sites excluding steroid dienone is 4. The summed E-state index contributed by atoms with van der Waals surface area (Å²) >= 11 is 0. The van der Waals surface area contributed by atoms with Crippen LogP contribution < -0.4 is 5.46 Å². The molecule has 17 heavy (non-hydrogen) atoms. The Bertz CT molecular complexity index is 495. The molecule has 0 saturated heterocycles. The molecule has 1 aliphatic carbocycles. The van der Waals surface area contributed by atoms with Crippen LogP contribution in [0.2, 0.25) is 5.82 Å². The van der Waals surface area contributed by atoms with Crippen LogP contribution in [-0.2, 0) is 11.3 Å². The van der Waals surface area contributed by atoms with Crippen molar-refractivity contribution in [3.8, 4) is 0 Å². The molecule has 1 aromatic rings. The van der Waals surface area contributed by atoms with Crippen LogP contribution in [0.3, 0.4) is 0 Å². The molecule has 3 heteroatoms. The van der Waals surface area contributed by atoms with E-state index in [0.29, 0.717) is 18.3 Å². The van der Waals surface area contributed by atoms with Crippen molar-refractivity contribution in [1.82, 2.24) is 0 Å². The van der Waals surface area contributed by atoms with E-state index in [2.05, 4.69) is 31.2 Å². The van der Waals surface area contributed by atoms with Gasteiger partial charge in [0, 0.05) is 0 Å². The SMILES string of the molecule is CC1C=CC=CC1B1OCc2cc(F)ccc21. The highest BCUT2D eigenvalue weighted by Gasteiger charge is 2.37. The molecule has 0 aromatic heterocycles. The van der Waals surface area contributed by atoms with Gasteiger partial charge in [0.05, 0.1) is 6.61 Å². The Morgan fingerprint density at radius 1 is 1.29 bits per heavy atom. The molecule has 0 amide bonds. The van der Waals surface area contributed by atoms with Crippen LogP contribution in [0, 0.1) is 11.7 Å². The Morgan fingerprint density at radius 2 is 2.12 bits per heavy atom. The maximum absolute atomic E-state index is 13.1. The van der Waals surface area contributed by atoms with Crippen LogP contribution in [0.1, 0.15) is 12.5 Å². The predicted molar refractivity (Wildman–Crippen MR) is 67.8 cm³/mol. The minimum Gasteiger partial charge on any atom is -0.426 e. The fraction of sp³-hybridized carbons (Fsp3) is 0.286. The quantitative estimate of drug-likeness (QED) is 0.671. The van der Waals surface area contributed by atoms with E-state index >= 15 is 0 Å². The van der Waals surface area contributed by atoms with E-state index in [9.17, 15) is 4.39 Å². The van der Waals surface area contributed by atoms with Gasteiger partial charge in [0.1, 0.15) is 5.82 Å². The molecule has 0 spiro atoms. The van der Waals surface area contributed by atoms with E-state index in [1.165, 1.54) is 6.07 Å². The summed E-state index contributed by atoms with van der Waals surface area (Å²) in [5, 5.41) is 0. The Kier molecular flexibility index (Phi) is 2.63. The van der Waals surface area contributed by atoms with Crippen molar-refractivity contribution in [1.29, 1.82) is 0 Å². The van der Waals surface area contributed by atoms with Crippen molar-refractivity contribution in [3.63, 3.8) is 0 Å². The first-order valence-corrected chi connectivity index (χ1v) is 6.00. The van der Waals surface area contributed by atoms with Crippen LogP contribution in [0.5, 0.6) is 0 Å². The molecule has 1 nitrogen and oxygen atoms in total. The molecule has 2 atom stereocenters. The number of rotatable bonds is 1. The van der Waals surface area contributed by atoms with E-state index in [4.69, 9.17) is 4.65 Å².